The van der Waals surface area contributed by atoms with Gasteiger partial charge in [0.1, 0.15) is 0 Å². The van der Waals surface area contributed by atoms with Gasteiger partial charge in [-0.3, -0.25) is 4.79 Å². The zero-order valence-corrected chi connectivity index (χ0v) is 9.36. The Hall–Kier alpha value is -1.55. The topological polar surface area (TPSA) is 81.1 Å². The van der Waals surface area contributed by atoms with Gasteiger partial charge in [0.25, 0.3) is 0 Å². The summed E-state index contributed by atoms with van der Waals surface area (Å²) in [5.74, 6) is -0.380. The SMILES string of the molecule is Cc1cc(NC2CC(N)C2)ccc1C(N)=O. The lowest BCUT2D eigenvalue weighted by Crippen LogP contribution is -2.44. The number of aryl methyl sites for hydroxylation is 1. The van der Waals surface area contributed by atoms with Crippen molar-refractivity contribution in [1.29, 1.82) is 0 Å². The van der Waals surface area contributed by atoms with Crippen molar-refractivity contribution in [2.75, 3.05) is 5.32 Å². The average molecular weight is 219 g/mol. The van der Waals surface area contributed by atoms with Crippen LogP contribution in [0.3, 0.4) is 0 Å². The van der Waals surface area contributed by atoms with E-state index in [0.717, 1.165) is 24.1 Å². The van der Waals surface area contributed by atoms with E-state index in [1.54, 1.807) is 6.07 Å². The Morgan fingerprint density at radius 2 is 2.12 bits per heavy atom. The van der Waals surface area contributed by atoms with Crippen LogP contribution in [-0.2, 0) is 0 Å². The second-order valence-electron chi connectivity index (χ2n) is 4.47. The summed E-state index contributed by atoms with van der Waals surface area (Å²) in [6.45, 7) is 1.89. The van der Waals surface area contributed by atoms with E-state index in [9.17, 15) is 4.79 Å². The Bertz CT molecular complexity index is 411. The van der Waals surface area contributed by atoms with Gasteiger partial charge in [0, 0.05) is 23.3 Å². The molecule has 0 atom stereocenters. The Balaban J connectivity index is 2.06. The number of primary amides is 1. The highest BCUT2D eigenvalue weighted by Gasteiger charge is 2.25. The quantitative estimate of drug-likeness (QED) is 0.709. The van der Waals surface area contributed by atoms with Crippen LogP contribution in [0.2, 0.25) is 0 Å². The lowest BCUT2D eigenvalue weighted by molar-refractivity contribution is 0.1000. The summed E-state index contributed by atoms with van der Waals surface area (Å²) >= 11 is 0. The molecule has 5 N–H and O–H groups in total. The summed E-state index contributed by atoms with van der Waals surface area (Å²) < 4.78 is 0. The van der Waals surface area contributed by atoms with E-state index in [0.29, 0.717) is 17.6 Å². The largest absolute Gasteiger partial charge is 0.382 e. The van der Waals surface area contributed by atoms with E-state index in [4.69, 9.17) is 11.5 Å². The number of rotatable bonds is 3. The maximum Gasteiger partial charge on any atom is 0.248 e. The molecule has 1 saturated carbocycles. The highest BCUT2D eigenvalue weighted by molar-refractivity contribution is 5.94. The molecule has 2 rings (SSSR count). The second-order valence-corrected chi connectivity index (χ2v) is 4.47. The number of anilines is 1. The number of nitrogens with one attached hydrogen (secondary N) is 1. The van der Waals surface area contributed by atoms with Gasteiger partial charge in [0.15, 0.2) is 0 Å². The Labute approximate surface area is 95.0 Å². The number of hydrogen-bond donors (Lipinski definition) is 3. The highest BCUT2D eigenvalue weighted by atomic mass is 16.1. The molecule has 0 radical (unpaired) electrons. The molecule has 0 unspecified atom stereocenters. The third kappa shape index (κ3) is 2.17. The lowest BCUT2D eigenvalue weighted by Gasteiger charge is -2.33. The highest BCUT2D eigenvalue weighted by Crippen LogP contribution is 2.23. The Kier molecular flexibility index (Phi) is 2.83. The van der Waals surface area contributed by atoms with E-state index >= 15 is 0 Å². The third-order valence-corrected chi connectivity index (χ3v) is 3.04. The first kappa shape index (κ1) is 11.0. The van der Waals surface area contributed by atoms with Crippen LogP contribution in [0, 0.1) is 6.92 Å². The van der Waals surface area contributed by atoms with Crippen LogP contribution in [0.4, 0.5) is 5.69 Å². The van der Waals surface area contributed by atoms with Gasteiger partial charge in [-0.1, -0.05) is 0 Å². The fraction of sp³-hybridized carbons (Fsp3) is 0.417. The van der Waals surface area contributed by atoms with Gasteiger partial charge in [0.2, 0.25) is 5.91 Å². The third-order valence-electron chi connectivity index (χ3n) is 3.04. The van der Waals surface area contributed by atoms with Gasteiger partial charge in [0.05, 0.1) is 0 Å². The zero-order valence-electron chi connectivity index (χ0n) is 9.36. The standard InChI is InChI=1S/C12H17N3O/c1-7-4-9(2-3-11(7)12(14)16)15-10-5-8(13)6-10/h2-4,8,10,15H,5-6,13H2,1H3,(H2,14,16). The molecular formula is C12H17N3O. The van der Waals surface area contributed by atoms with Crippen LogP contribution in [0.5, 0.6) is 0 Å². The van der Waals surface area contributed by atoms with Crippen molar-refractivity contribution in [3.8, 4) is 0 Å². The van der Waals surface area contributed by atoms with Gasteiger partial charge < -0.3 is 16.8 Å². The molecule has 0 heterocycles. The monoisotopic (exact) mass is 219 g/mol. The molecule has 0 aromatic heterocycles. The van der Waals surface area contributed by atoms with Crippen LogP contribution in [0.1, 0.15) is 28.8 Å². The molecule has 0 saturated heterocycles. The van der Waals surface area contributed by atoms with Crippen LogP contribution in [-0.4, -0.2) is 18.0 Å². The Morgan fingerprint density at radius 1 is 1.44 bits per heavy atom. The van der Waals surface area contributed by atoms with Crippen molar-refractivity contribution in [2.24, 2.45) is 11.5 Å². The zero-order chi connectivity index (χ0) is 11.7. The summed E-state index contributed by atoms with van der Waals surface area (Å²) in [6.07, 6.45) is 2.02. The van der Waals surface area contributed by atoms with Gasteiger partial charge in [-0.05, 0) is 43.5 Å². The van der Waals surface area contributed by atoms with Crippen molar-refractivity contribution in [2.45, 2.75) is 31.8 Å². The van der Waals surface area contributed by atoms with E-state index in [1.165, 1.54) is 0 Å². The van der Waals surface area contributed by atoms with E-state index in [1.807, 2.05) is 19.1 Å². The minimum atomic E-state index is -0.380. The molecule has 1 aromatic carbocycles. The van der Waals surface area contributed by atoms with Gasteiger partial charge >= 0.3 is 0 Å². The number of carbonyl (C=O) groups excluding carboxylic acids is 1. The maximum absolute atomic E-state index is 11.1. The van der Waals surface area contributed by atoms with Crippen LogP contribution >= 0.6 is 0 Å². The van der Waals surface area contributed by atoms with Crippen LogP contribution < -0.4 is 16.8 Å². The fourth-order valence-corrected chi connectivity index (χ4v) is 2.05. The van der Waals surface area contributed by atoms with Crippen molar-refractivity contribution in [3.63, 3.8) is 0 Å². The molecule has 4 heteroatoms. The number of nitrogens with two attached hydrogens (primary N) is 2. The molecule has 86 valence electrons. The van der Waals surface area contributed by atoms with Crippen molar-refractivity contribution < 1.29 is 4.79 Å². The molecule has 1 fully saturated rings. The smallest absolute Gasteiger partial charge is 0.248 e. The van der Waals surface area contributed by atoms with Gasteiger partial charge in [-0.15, -0.1) is 0 Å². The maximum atomic E-state index is 11.1. The molecule has 0 aliphatic heterocycles. The number of carbonyl (C=O) groups is 1. The van der Waals surface area contributed by atoms with E-state index in [-0.39, 0.29) is 5.91 Å². The van der Waals surface area contributed by atoms with E-state index in [2.05, 4.69) is 5.32 Å². The van der Waals surface area contributed by atoms with Gasteiger partial charge in [-0.2, -0.15) is 0 Å². The minimum Gasteiger partial charge on any atom is -0.382 e. The predicted octanol–water partition coefficient (Wildman–Crippen LogP) is 0.996. The van der Waals surface area contributed by atoms with Crippen molar-refractivity contribution in [3.05, 3.63) is 29.3 Å². The van der Waals surface area contributed by atoms with Crippen LogP contribution in [0.25, 0.3) is 0 Å². The summed E-state index contributed by atoms with van der Waals surface area (Å²) in [4.78, 5) is 11.1. The number of benzene rings is 1. The number of hydrogen-bond acceptors (Lipinski definition) is 3. The molecule has 4 nitrogen and oxygen atoms in total. The second kappa shape index (κ2) is 4.14. The molecule has 1 aliphatic carbocycles. The minimum absolute atomic E-state index is 0.337. The first-order valence-electron chi connectivity index (χ1n) is 5.49. The summed E-state index contributed by atoms with van der Waals surface area (Å²) in [6, 6.07) is 6.40. The van der Waals surface area contributed by atoms with Crippen molar-refractivity contribution >= 4 is 11.6 Å². The first-order valence-corrected chi connectivity index (χ1v) is 5.49. The number of amides is 1. The predicted molar refractivity (Wildman–Crippen MR) is 64.3 cm³/mol. The molecular weight excluding hydrogens is 202 g/mol. The summed E-state index contributed by atoms with van der Waals surface area (Å²) in [7, 11) is 0. The molecule has 1 amide bonds. The molecule has 1 aromatic rings. The average Bonchev–Trinajstić information content (AvgIpc) is 2.15. The van der Waals surface area contributed by atoms with E-state index < -0.39 is 0 Å². The summed E-state index contributed by atoms with van der Waals surface area (Å²) in [5, 5.41) is 3.38. The molecule has 16 heavy (non-hydrogen) atoms. The summed E-state index contributed by atoms with van der Waals surface area (Å²) in [5.41, 5.74) is 13.5. The van der Waals surface area contributed by atoms with Crippen LogP contribution in [0.15, 0.2) is 18.2 Å². The molecule has 0 bridgehead atoms. The van der Waals surface area contributed by atoms with Crippen molar-refractivity contribution in [1.82, 2.24) is 0 Å². The fourth-order valence-electron chi connectivity index (χ4n) is 2.05. The normalized spacial score (nSPS) is 23.6. The molecule has 0 spiro atoms. The van der Waals surface area contributed by atoms with Gasteiger partial charge in [-0.25, -0.2) is 0 Å². The first-order chi connectivity index (χ1) is 7.56. The molecule has 1 aliphatic rings. The lowest BCUT2D eigenvalue weighted by atomic mass is 9.87. The Morgan fingerprint density at radius 3 is 2.62 bits per heavy atom.